The van der Waals surface area contributed by atoms with Crippen LogP contribution in [0, 0.1) is 5.92 Å². The van der Waals surface area contributed by atoms with Crippen molar-refractivity contribution in [2.75, 3.05) is 19.0 Å². The number of nitrogens with zero attached hydrogens (tertiary/aromatic N) is 1. The molecule has 4 rings (SSSR count). The fourth-order valence-electron chi connectivity index (χ4n) is 4.63. The molecule has 37 heavy (non-hydrogen) atoms. The summed E-state index contributed by atoms with van der Waals surface area (Å²) in [7, 11) is 0. The van der Waals surface area contributed by atoms with Crippen LogP contribution in [0.25, 0.3) is 0 Å². The van der Waals surface area contributed by atoms with Crippen molar-refractivity contribution in [3.63, 3.8) is 0 Å². The SMILES string of the molecule is C[C@@H](NC(=O)c1cn(Cc2ccc(Cl)cc2)c(=O)c2c1SC[C@@H]2NC(=O)OC(C)(C)C)C1CCOCC1. The highest BCUT2D eigenvalue weighted by Crippen LogP contribution is 2.39. The number of amides is 2. The number of halogens is 1. The zero-order valence-corrected chi connectivity index (χ0v) is 23.2. The van der Waals surface area contributed by atoms with Gasteiger partial charge in [0.15, 0.2) is 0 Å². The minimum absolute atomic E-state index is 0.0363. The van der Waals surface area contributed by atoms with Gasteiger partial charge in [-0.1, -0.05) is 23.7 Å². The first kappa shape index (κ1) is 27.5. The first-order valence-corrected chi connectivity index (χ1v) is 13.9. The Morgan fingerprint density at radius 3 is 2.54 bits per heavy atom. The number of hydrogen-bond donors (Lipinski definition) is 2. The summed E-state index contributed by atoms with van der Waals surface area (Å²) >= 11 is 7.43. The average Bonchev–Trinajstić information content (AvgIpc) is 3.25. The Morgan fingerprint density at radius 1 is 1.22 bits per heavy atom. The molecule has 2 atom stereocenters. The molecule has 2 aliphatic heterocycles. The van der Waals surface area contributed by atoms with E-state index in [1.807, 2.05) is 19.1 Å². The maximum atomic E-state index is 13.6. The van der Waals surface area contributed by atoms with Gasteiger partial charge in [0, 0.05) is 41.1 Å². The summed E-state index contributed by atoms with van der Waals surface area (Å²) in [5.41, 5.74) is 0.799. The fourth-order valence-corrected chi connectivity index (χ4v) is 6.03. The number of carbonyl (C=O) groups excluding carboxylic acids is 2. The number of aromatic nitrogens is 1. The second-order valence-corrected chi connectivity index (χ2v) is 12.0. The molecular formula is C27H34ClN3O5S. The molecule has 200 valence electrons. The Labute approximate surface area is 226 Å². The molecule has 1 saturated heterocycles. The van der Waals surface area contributed by atoms with Crippen LogP contribution in [0.5, 0.6) is 0 Å². The second-order valence-electron chi connectivity index (χ2n) is 10.6. The minimum atomic E-state index is -0.671. The largest absolute Gasteiger partial charge is 0.444 e. The van der Waals surface area contributed by atoms with Gasteiger partial charge in [-0.25, -0.2) is 4.79 Å². The lowest BCUT2D eigenvalue weighted by atomic mass is 9.92. The molecule has 1 fully saturated rings. The van der Waals surface area contributed by atoms with Gasteiger partial charge in [0.1, 0.15) is 5.60 Å². The number of carbonyl (C=O) groups is 2. The number of fused-ring (bicyclic) bond motifs is 1. The average molecular weight is 548 g/mol. The Balaban J connectivity index is 1.66. The second kappa shape index (κ2) is 11.5. The van der Waals surface area contributed by atoms with Crippen molar-refractivity contribution in [2.45, 2.75) is 69.7 Å². The standard InChI is InChI=1S/C27H34ClN3O5S/c1-16(18-9-11-35-12-10-18)29-24(32)20-14-31(13-17-5-7-19(28)8-6-17)25(33)22-21(15-37-23(20)22)30-26(34)36-27(2,3)4/h5-8,14,16,18,21H,9-13,15H2,1-4H3,(H,29,32)(H,30,34)/t16-,21+/m1/s1. The van der Waals surface area contributed by atoms with Crippen molar-refractivity contribution in [1.82, 2.24) is 15.2 Å². The summed E-state index contributed by atoms with van der Waals surface area (Å²) in [5.74, 6) is 0.537. The Bertz CT molecular complexity index is 1200. The van der Waals surface area contributed by atoms with Crippen molar-refractivity contribution >= 4 is 35.4 Å². The Kier molecular flexibility index (Phi) is 8.56. The van der Waals surface area contributed by atoms with E-state index in [9.17, 15) is 14.4 Å². The third-order valence-electron chi connectivity index (χ3n) is 6.54. The first-order valence-electron chi connectivity index (χ1n) is 12.5. The smallest absolute Gasteiger partial charge is 0.408 e. The molecule has 0 unspecified atom stereocenters. The molecular weight excluding hydrogens is 514 g/mol. The number of ether oxygens (including phenoxy) is 2. The molecule has 3 heterocycles. The lowest BCUT2D eigenvalue weighted by molar-refractivity contribution is 0.0508. The molecule has 0 bridgehead atoms. The molecule has 10 heteroatoms. The van der Waals surface area contributed by atoms with Gasteiger partial charge in [0.25, 0.3) is 11.5 Å². The predicted molar refractivity (Wildman–Crippen MR) is 145 cm³/mol. The number of nitrogens with one attached hydrogen (secondary N) is 2. The molecule has 1 aromatic carbocycles. The number of alkyl carbamates (subject to hydrolysis) is 1. The van der Waals surface area contributed by atoms with E-state index in [-0.39, 0.29) is 24.1 Å². The number of thioether (sulfide) groups is 1. The number of pyridine rings is 1. The molecule has 0 spiro atoms. The van der Waals surface area contributed by atoms with Gasteiger partial charge in [0.2, 0.25) is 0 Å². The highest BCUT2D eigenvalue weighted by atomic mass is 35.5. The van der Waals surface area contributed by atoms with E-state index >= 15 is 0 Å². The van der Waals surface area contributed by atoms with E-state index in [0.29, 0.717) is 45.9 Å². The summed E-state index contributed by atoms with van der Waals surface area (Å²) in [4.78, 5) is 40.3. The highest BCUT2D eigenvalue weighted by Gasteiger charge is 2.34. The fraction of sp³-hybridized carbons (Fsp3) is 0.519. The number of rotatable bonds is 6. The van der Waals surface area contributed by atoms with Gasteiger partial charge in [-0.05, 0) is 64.2 Å². The molecule has 2 N–H and O–H groups in total. The van der Waals surface area contributed by atoms with E-state index in [2.05, 4.69) is 10.6 Å². The van der Waals surface area contributed by atoms with Gasteiger partial charge in [0.05, 0.1) is 23.7 Å². The van der Waals surface area contributed by atoms with Crippen LogP contribution in [0.15, 0.2) is 40.2 Å². The molecule has 0 radical (unpaired) electrons. The van der Waals surface area contributed by atoms with Crippen LogP contribution in [0.2, 0.25) is 5.02 Å². The molecule has 2 aromatic rings. The van der Waals surface area contributed by atoms with E-state index in [1.54, 1.807) is 39.1 Å². The molecule has 0 saturated carbocycles. The molecule has 1 aromatic heterocycles. The zero-order chi connectivity index (χ0) is 26.7. The van der Waals surface area contributed by atoms with Crippen molar-refractivity contribution in [2.24, 2.45) is 5.92 Å². The third-order valence-corrected chi connectivity index (χ3v) is 8.02. The topological polar surface area (TPSA) is 98.7 Å². The van der Waals surface area contributed by atoms with Crippen LogP contribution in [0.3, 0.4) is 0 Å². The monoisotopic (exact) mass is 547 g/mol. The van der Waals surface area contributed by atoms with E-state index < -0.39 is 17.7 Å². The molecule has 2 aliphatic rings. The highest BCUT2D eigenvalue weighted by molar-refractivity contribution is 7.99. The maximum Gasteiger partial charge on any atom is 0.408 e. The Hall–Kier alpha value is -2.49. The minimum Gasteiger partial charge on any atom is -0.444 e. The summed E-state index contributed by atoms with van der Waals surface area (Å²) < 4.78 is 12.4. The van der Waals surface area contributed by atoms with E-state index in [1.165, 1.54) is 16.3 Å². The van der Waals surface area contributed by atoms with Crippen LogP contribution in [0.4, 0.5) is 4.79 Å². The van der Waals surface area contributed by atoms with Crippen LogP contribution in [-0.4, -0.2) is 47.2 Å². The predicted octanol–water partition coefficient (Wildman–Crippen LogP) is 4.77. The van der Waals surface area contributed by atoms with Crippen LogP contribution in [-0.2, 0) is 16.0 Å². The van der Waals surface area contributed by atoms with Gasteiger partial charge >= 0.3 is 6.09 Å². The number of hydrogen-bond acceptors (Lipinski definition) is 6. The van der Waals surface area contributed by atoms with Crippen molar-refractivity contribution < 1.29 is 19.1 Å². The lowest BCUT2D eigenvalue weighted by Gasteiger charge is -2.28. The van der Waals surface area contributed by atoms with Gasteiger partial charge < -0.3 is 24.7 Å². The van der Waals surface area contributed by atoms with Gasteiger partial charge in [-0.3, -0.25) is 9.59 Å². The quantitative estimate of drug-likeness (QED) is 0.541. The third kappa shape index (κ3) is 6.89. The number of benzene rings is 1. The summed E-state index contributed by atoms with van der Waals surface area (Å²) in [6, 6.07) is 6.62. The lowest BCUT2D eigenvalue weighted by Crippen LogP contribution is -2.41. The van der Waals surface area contributed by atoms with Gasteiger partial charge in [-0.15, -0.1) is 11.8 Å². The first-order chi connectivity index (χ1) is 17.5. The summed E-state index contributed by atoms with van der Waals surface area (Å²) in [6.45, 7) is 9.02. The van der Waals surface area contributed by atoms with Crippen molar-refractivity contribution in [3.8, 4) is 0 Å². The summed E-state index contributed by atoms with van der Waals surface area (Å²) in [6.07, 6.45) is 2.82. The maximum absolute atomic E-state index is 13.6. The zero-order valence-electron chi connectivity index (χ0n) is 21.6. The van der Waals surface area contributed by atoms with Crippen molar-refractivity contribution in [1.29, 1.82) is 0 Å². The summed E-state index contributed by atoms with van der Waals surface area (Å²) in [5, 5.41) is 6.58. The molecule has 8 nitrogen and oxygen atoms in total. The van der Waals surface area contributed by atoms with Gasteiger partial charge in [-0.2, -0.15) is 0 Å². The van der Waals surface area contributed by atoms with Crippen LogP contribution < -0.4 is 16.2 Å². The van der Waals surface area contributed by atoms with Crippen molar-refractivity contribution in [3.05, 3.63) is 62.5 Å². The van der Waals surface area contributed by atoms with E-state index in [4.69, 9.17) is 21.1 Å². The molecule has 2 amide bonds. The van der Waals surface area contributed by atoms with Crippen LogP contribution in [0.1, 0.15) is 68.1 Å². The Morgan fingerprint density at radius 2 is 1.89 bits per heavy atom. The van der Waals surface area contributed by atoms with E-state index in [0.717, 1.165) is 18.4 Å². The molecule has 0 aliphatic carbocycles. The van der Waals surface area contributed by atoms with Crippen LogP contribution >= 0.6 is 23.4 Å². The normalized spacial score (nSPS) is 18.7.